The number of unbranched alkanes of at least 4 members (excludes halogenated alkanes) is 42. The predicted octanol–water partition coefficient (Wildman–Crippen LogP) is 22.6. The van der Waals surface area contributed by atoms with E-state index in [9.17, 15) is 14.4 Å². The molecule has 0 spiro atoms. The Bertz CT molecular complexity index is 1300. The average molecular weight is 1050 g/mol. The maximum atomic E-state index is 12.9. The molecule has 0 aromatic heterocycles. The van der Waals surface area contributed by atoms with Crippen LogP contribution in [0.25, 0.3) is 0 Å². The topological polar surface area (TPSA) is 78.9 Å². The Hall–Kier alpha value is -2.63. The number of hydrogen-bond donors (Lipinski definition) is 0. The third-order valence-electron chi connectivity index (χ3n) is 14.8. The zero-order valence-corrected chi connectivity index (χ0v) is 50.3. The first kappa shape index (κ1) is 72.4. The second kappa shape index (κ2) is 63.9. The molecule has 1 unspecified atom stereocenters. The van der Waals surface area contributed by atoms with E-state index in [1.165, 1.54) is 244 Å². The summed E-state index contributed by atoms with van der Waals surface area (Å²) >= 11 is 0. The molecule has 0 N–H and O–H groups in total. The lowest BCUT2D eigenvalue weighted by Gasteiger charge is -2.18. The minimum atomic E-state index is -0.779. The Kier molecular flexibility index (Phi) is 61.7. The molecule has 6 heteroatoms. The molecule has 1 atom stereocenters. The lowest BCUT2D eigenvalue weighted by atomic mass is 10.0. The standard InChI is InChI=1S/C69H126O6/c1-4-7-10-13-16-19-22-25-28-30-32-33-34-35-37-38-41-44-47-50-53-56-59-62-68(71)74-65-66(64-73-67(70)61-58-55-52-49-46-43-40-27-24-21-18-15-12-9-6-3)75-69(72)63-60-57-54-51-48-45-42-39-36-31-29-26-23-20-17-14-11-8-5-2/h17,20,26-27,29-30,32,40,66H,4-16,18-19,21-25,28,31,33-39,41-65H2,1-3H3/b20-17-,29-26-,32-30-,40-27-. The molecule has 0 aliphatic rings. The van der Waals surface area contributed by atoms with Crippen LogP contribution in [-0.4, -0.2) is 37.2 Å². The minimum absolute atomic E-state index is 0.0753. The average Bonchev–Trinajstić information content (AvgIpc) is 3.41. The van der Waals surface area contributed by atoms with Gasteiger partial charge in [0.2, 0.25) is 0 Å². The summed E-state index contributed by atoms with van der Waals surface area (Å²) in [7, 11) is 0. The molecular formula is C69H126O6. The van der Waals surface area contributed by atoms with Gasteiger partial charge in [-0.25, -0.2) is 0 Å². The van der Waals surface area contributed by atoms with Gasteiger partial charge in [-0.05, 0) is 103 Å². The van der Waals surface area contributed by atoms with Crippen LogP contribution in [0.1, 0.15) is 355 Å². The molecule has 0 saturated carbocycles. The highest BCUT2D eigenvalue weighted by Crippen LogP contribution is 2.17. The van der Waals surface area contributed by atoms with Crippen molar-refractivity contribution in [3.63, 3.8) is 0 Å². The highest BCUT2D eigenvalue weighted by atomic mass is 16.6. The first-order valence-corrected chi connectivity index (χ1v) is 33.1. The summed E-state index contributed by atoms with van der Waals surface area (Å²) in [5.41, 5.74) is 0. The Labute approximate surface area is 467 Å². The van der Waals surface area contributed by atoms with E-state index in [1.807, 2.05) is 0 Å². The van der Waals surface area contributed by atoms with E-state index in [4.69, 9.17) is 14.2 Å². The minimum Gasteiger partial charge on any atom is -0.462 e. The second-order valence-electron chi connectivity index (χ2n) is 22.4. The van der Waals surface area contributed by atoms with E-state index in [2.05, 4.69) is 69.4 Å². The van der Waals surface area contributed by atoms with Crippen LogP contribution in [0.5, 0.6) is 0 Å². The fraction of sp³-hybridized carbons (Fsp3) is 0.841. The lowest BCUT2D eigenvalue weighted by Crippen LogP contribution is -2.30. The van der Waals surface area contributed by atoms with Gasteiger partial charge in [0.1, 0.15) is 13.2 Å². The van der Waals surface area contributed by atoms with Crippen LogP contribution in [0.2, 0.25) is 0 Å². The van der Waals surface area contributed by atoms with E-state index in [0.717, 1.165) is 70.6 Å². The number of ether oxygens (including phenoxy) is 3. The highest BCUT2D eigenvalue weighted by molar-refractivity contribution is 5.71. The summed E-state index contributed by atoms with van der Waals surface area (Å²) in [6, 6.07) is 0. The summed E-state index contributed by atoms with van der Waals surface area (Å²) in [6.07, 6.45) is 79.7. The lowest BCUT2D eigenvalue weighted by molar-refractivity contribution is -0.167. The summed E-state index contributed by atoms with van der Waals surface area (Å²) in [6.45, 7) is 6.65. The van der Waals surface area contributed by atoms with Crippen molar-refractivity contribution in [1.29, 1.82) is 0 Å². The molecule has 0 aliphatic heterocycles. The van der Waals surface area contributed by atoms with E-state index < -0.39 is 6.10 Å². The molecule has 0 heterocycles. The molecule has 438 valence electrons. The van der Waals surface area contributed by atoms with Crippen LogP contribution in [-0.2, 0) is 28.6 Å². The highest BCUT2D eigenvalue weighted by Gasteiger charge is 2.19. The van der Waals surface area contributed by atoms with E-state index in [0.29, 0.717) is 19.3 Å². The van der Waals surface area contributed by atoms with Crippen LogP contribution < -0.4 is 0 Å². The van der Waals surface area contributed by atoms with Crippen LogP contribution in [0.3, 0.4) is 0 Å². The first-order valence-electron chi connectivity index (χ1n) is 33.1. The first-order chi connectivity index (χ1) is 37.0. The fourth-order valence-corrected chi connectivity index (χ4v) is 9.76. The fourth-order valence-electron chi connectivity index (χ4n) is 9.76. The number of hydrogen-bond acceptors (Lipinski definition) is 6. The van der Waals surface area contributed by atoms with E-state index >= 15 is 0 Å². The van der Waals surface area contributed by atoms with Gasteiger partial charge >= 0.3 is 17.9 Å². The Morgan fingerprint density at radius 3 is 0.773 bits per heavy atom. The SMILES string of the molecule is CCCCC/C=C\C/C=C\CCCCCCCCCCCC(=O)OC(COC(=O)CCCCCCC/C=C\CCCCCCCC)COC(=O)CCCCCCCCCCCCC/C=C\CCCCCCCCCC. The van der Waals surface area contributed by atoms with Crippen molar-refractivity contribution in [2.75, 3.05) is 13.2 Å². The molecule has 6 nitrogen and oxygen atoms in total. The predicted molar refractivity (Wildman–Crippen MR) is 325 cm³/mol. The zero-order valence-electron chi connectivity index (χ0n) is 50.3. The molecule has 0 saturated heterocycles. The van der Waals surface area contributed by atoms with Crippen molar-refractivity contribution in [3.8, 4) is 0 Å². The van der Waals surface area contributed by atoms with Gasteiger partial charge in [0.25, 0.3) is 0 Å². The molecule has 75 heavy (non-hydrogen) atoms. The quantitative estimate of drug-likeness (QED) is 0.0261. The molecule has 0 bridgehead atoms. The molecule has 0 radical (unpaired) electrons. The van der Waals surface area contributed by atoms with E-state index in [1.54, 1.807) is 0 Å². The van der Waals surface area contributed by atoms with Crippen molar-refractivity contribution in [1.82, 2.24) is 0 Å². The summed E-state index contributed by atoms with van der Waals surface area (Å²) in [4.78, 5) is 38.4. The van der Waals surface area contributed by atoms with Crippen LogP contribution >= 0.6 is 0 Å². The Balaban J connectivity index is 4.32. The number of rotatable bonds is 61. The van der Waals surface area contributed by atoms with Crippen molar-refractivity contribution in [2.45, 2.75) is 361 Å². The van der Waals surface area contributed by atoms with Gasteiger partial charge in [0.15, 0.2) is 6.10 Å². The van der Waals surface area contributed by atoms with Crippen molar-refractivity contribution >= 4 is 17.9 Å². The molecule has 0 aromatic rings. The van der Waals surface area contributed by atoms with Gasteiger partial charge in [-0.2, -0.15) is 0 Å². The third kappa shape index (κ3) is 62.1. The van der Waals surface area contributed by atoms with Crippen LogP contribution in [0, 0.1) is 0 Å². The van der Waals surface area contributed by atoms with Crippen LogP contribution in [0.15, 0.2) is 48.6 Å². The molecule has 0 rings (SSSR count). The Morgan fingerprint density at radius 2 is 0.480 bits per heavy atom. The normalized spacial score (nSPS) is 12.3. The van der Waals surface area contributed by atoms with Gasteiger partial charge in [-0.3, -0.25) is 14.4 Å². The number of carbonyl (C=O) groups is 3. The smallest absolute Gasteiger partial charge is 0.306 e. The maximum Gasteiger partial charge on any atom is 0.306 e. The number of carbonyl (C=O) groups excluding carboxylic acids is 3. The van der Waals surface area contributed by atoms with Crippen molar-refractivity contribution < 1.29 is 28.6 Å². The van der Waals surface area contributed by atoms with E-state index in [-0.39, 0.29) is 31.1 Å². The van der Waals surface area contributed by atoms with Gasteiger partial charge in [0, 0.05) is 19.3 Å². The third-order valence-corrected chi connectivity index (χ3v) is 14.8. The maximum absolute atomic E-state index is 12.9. The monoisotopic (exact) mass is 1050 g/mol. The molecule has 0 aromatic carbocycles. The largest absolute Gasteiger partial charge is 0.462 e. The number of esters is 3. The van der Waals surface area contributed by atoms with Gasteiger partial charge in [-0.15, -0.1) is 0 Å². The summed E-state index contributed by atoms with van der Waals surface area (Å²) in [5.74, 6) is -0.868. The molecule has 0 amide bonds. The van der Waals surface area contributed by atoms with Gasteiger partial charge < -0.3 is 14.2 Å². The molecule has 0 fully saturated rings. The second-order valence-corrected chi connectivity index (χ2v) is 22.4. The summed E-state index contributed by atoms with van der Waals surface area (Å²) < 4.78 is 17.0. The molecule has 0 aliphatic carbocycles. The van der Waals surface area contributed by atoms with Crippen LogP contribution in [0.4, 0.5) is 0 Å². The molecular weight excluding hydrogens is 925 g/mol. The van der Waals surface area contributed by atoms with Gasteiger partial charge in [0.05, 0.1) is 0 Å². The number of allylic oxidation sites excluding steroid dienone is 8. The zero-order chi connectivity index (χ0) is 54.3. The Morgan fingerprint density at radius 1 is 0.267 bits per heavy atom. The van der Waals surface area contributed by atoms with Crippen molar-refractivity contribution in [3.05, 3.63) is 48.6 Å². The van der Waals surface area contributed by atoms with Gasteiger partial charge in [-0.1, -0.05) is 281 Å². The van der Waals surface area contributed by atoms with Crippen molar-refractivity contribution in [2.24, 2.45) is 0 Å². The summed E-state index contributed by atoms with van der Waals surface area (Å²) in [5, 5.41) is 0.